The maximum absolute atomic E-state index is 11.1. The van der Waals surface area contributed by atoms with Crippen LogP contribution in [0.3, 0.4) is 0 Å². The number of hydrogen-bond donors (Lipinski definition) is 1. The zero-order valence-electron chi connectivity index (χ0n) is 6.51. The van der Waals surface area contributed by atoms with Crippen molar-refractivity contribution in [3.63, 3.8) is 0 Å². The van der Waals surface area contributed by atoms with Gasteiger partial charge in [0.1, 0.15) is 5.75 Å². The topological polar surface area (TPSA) is 55.8 Å². The quantitative estimate of drug-likeness (QED) is 0.449. The average Bonchev–Trinajstić information content (AvgIpc) is 2.06. The molecule has 0 aliphatic heterocycles. The first-order chi connectivity index (χ1) is 5.64. The minimum absolute atomic E-state index is 0.400. The first-order valence-electron chi connectivity index (χ1n) is 3.29. The molecule has 1 atom stereocenters. The molecule has 0 aliphatic rings. The highest BCUT2D eigenvalue weighted by Crippen LogP contribution is 2.42. The summed E-state index contributed by atoms with van der Waals surface area (Å²) in [7, 11) is -3.34. The molecule has 4 nitrogen and oxygen atoms in total. The van der Waals surface area contributed by atoms with Gasteiger partial charge >= 0.3 is 7.60 Å². The van der Waals surface area contributed by atoms with Gasteiger partial charge in [-0.3, -0.25) is 0 Å². The predicted octanol–water partition coefficient (Wildman–Crippen LogP) is 2.38. The highest BCUT2D eigenvalue weighted by Gasteiger charge is 2.17. The van der Waals surface area contributed by atoms with Gasteiger partial charge in [0.2, 0.25) is 0 Å². The molecular weight excluding hydrogens is 179 g/mol. The van der Waals surface area contributed by atoms with E-state index in [1.54, 1.807) is 30.3 Å². The third kappa shape index (κ3) is 2.66. The van der Waals surface area contributed by atoms with Crippen molar-refractivity contribution in [3.05, 3.63) is 30.3 Å². The van der Waals surface area contributed by atoms with E-state index in [1.165, 1.54) is 6.66 Å². The molecule has 1 N–H and O–H groups in total. The molecule has 1 aromatic rings. The molecule has 1 aromatic carbocycles. The Labute approximate surface area is 70.2 Å². The van der Waals surface area contributed by atoms with Gasteiger partial charge in [-0.05, 0) is 12.1 Å². The lowest BCUT2D eigenvalue weighted by Crippen LogP contribution is -1.92. The average molecular weight is 188 g/mol. The van der Waals surface area contributed by atoms with Crippen LogP contribution >= 0.6 is 7.60 Å². The van der Waals surface area contributed by atoms with Gasteiger partial charge in [0, 0.05) is 0 Å². The van der Waals surface area contributed by atoms with E-state index in [9.17, 15) is 4.57 Å². The first kappa shape index (κ1) is 9.26. The summed E-state index contributed by atoms with van der Waals surface area (Å²) in [6, 6.07) is 8.50. The Hall–Kier alpha value is -0.830. The molecule has 0 fully saturated rings. The van der Waals surface area contributed by atoms with E-state index >= 15 is 0 Å². The largest absolute Gasteiger partial charge is 0.423 e. The lowest BCUT2D eigenvalue weighted by molar-refractivity contribution is -0.143. The van der Waals surface area contributed by atoms with Gasteiger partial charge in [-0.2, -0.15) is 0 Å². The molecule has 0 aromatic heterocycles. The minimum Gasteiger partial charge on any atom is -0.423 e. The summed E-state index contributed by atoms with van der Waals surface area (Å²) in [6.45, 7) is 1.18. The summed E-state index contributed by atoms with van der Waals surface area (Å²) in [5.41, 5.74) is 0. The Morgan fingerprint density at radius 2 is 1.92 bits per heavy atom. The van der Waals surface area contributed by atoms with E-state index in [1.807, 2.05) is 0 Å². The summed E-state index contributed by atoms with van der Waals surface area (Å²) in [5.74, 6) is 0.400. The minimum atomic E-state index is -3.34. The van der Waals surface area contributed by atoms with Crippen LogP contribution in [0.5, 0.6) is 5.75 Å². The summed E-state index contributed by atoms with van der Waals surface area (Å²) in [6.07, 6.45) is 0. The number of para-hydroxylation sites is 1. The molecule has 0 saturated carbocycles. The van der Waals surface area contributed by atoms with E-state index in [0.717, 1.165) is 0 Å². The van der Waals surface area contributed by atoms with Crippen molar-refractivity contribution in [2.45, 2.75) is 0 Å². The summed E-state index contributed by atoms with van der Waals surface area (Å²) in [4.78, 5) is 0. The SMILES string of the molecule is CP(=O)(OO)Oc1ccccc1. The zero-order chi connectivity index (χ0) is 9.03. The summed E-state index contributed by atoms with van der Waals surface area (Å²) < 4.78 is 19.6. The third-order valence-corrected chi connectivity index (χ3v) is 2.00. The van der Waals surface area contributed by atoms with Crippen molar-refractivity contribution in [1.29, 1.82) is 0 Å². The summed E-state index contributed by atoms with van der Waals surface area (Å²) >= 11 is 0. The molecule has 0 spiro atoms. The fourth-order valence-electron chi connectivity index (χ4n) is 0.689. The van der Waals surface area contributed by atoms with Crippen LogP contribution in [0, 0.1) is 0 Å². The van der Waals surface area contributed by atoms with E-state index in [4.69, 9.17) is 9.78 Å². The van der Waals surface area contributed by atoms with Crippen LogP contribution in [-0.2, 0) is 9.24 Å². The van der Waals surface area contributed by atoms with Crippen molar-refractivity contribution in [2.24, 2.45) is 0 Å². The van der Waals surface area contributed by atoms with Crippen LogP contribution in [0.15, 0.2) is 30.3 Å². The van der Waals surface area contributed by atoms with Crippen LogP contribution in [0.2, 0.25) is 0 Å². The van der Waals surface area contributed by atoms with E-state index < -0.39 is 7.60 Å². The van der Waals surface area contributed by atoms with E-state index in [-0.39, 0.29) is 0 Å². The maximum atomic E-state index is 11.1. The van der Waals surface area contributed by atoms with Crippen LogP contribution < -0.4 is 4.52 Å². The number of rotatable bonds is 3. The maximum Gasteiger partial charge on any atom is 0.402 e. The van der Waals surface area contributed by atoms with Gasteiger partial charge in [0.15, 0.2) is 0 Å². The van der Waals surface area contributed by atoms with Crippen molar-refractivity contribution >= 4 is 7.60 Å². The van der Waals surface area contributed by atoms with Gasteiger partial charge in [-0.15, -0.1) is 4.67 Å². The molecule has 0 saturated heterocycles. The molecule has 0 aliphatic carbocycles. The van der Waals surface area contributed by atoms with Crippen molar-refractivity contribution in [2.75, 3.05) is 6.66 Å². The van der Waals surface area contributed by atoms with Gasteiger partial charge in [0.05, 0.1) is 6.66 Å². The molecule has 0 radical (unpaired) electrons. The van der Waals surface area contributed by atoms with Gasteiger partial charge < -0.3 is 4.52 Å². The Balaban J connectivity index is 2.71. The van der Waals surface area contributed by atoms with Crippen LogP contribution in [-0.4, -0.2) is 11.9 Å². The Kier molecular flexibility index (Phi) is 2.87. The van der Waals surface area contributed by atoms with Crippen LogP contribution in [0.1, 0.15) is 0 Å². The normalized spacial score (nSPS) is 15.2. The lowest BCUT2D eigenvalue weighted by Gasteiger charge is -2.09. The first-order valence-corrected chi connectivity index (χ1v) is 5.28. The molecule has 1 unspecified atom stereocenters. The molecule has 66 valence electrons. The van der Waals surface area contributed by atoms with Crippen LogP contribution in [0.4, 0.5) is 0 Å². The molecule has 0 amide bonds. The van der Waals surface area contributed by atoms with E-state index in [2.05, 4.69) is 4.67 Å². The summed E-state index contributed by atoms with van der Waals surface area (Å²) in [5, 5.41) is 8.17. The second-order valence-corrected chi connectivity index (χ2v) is 4.15. The van der Waals surface area contributed by atoms with Gasteiger partial charge in [-0.25, -0.2) is 9.82 Å². The molecule has 0 bridgehead atoms. The Morgan fingerprint density at radius 1 is 1.33 bits per heavy atom. The highest BCUT2D eigenvalue weighted by molar-refractivity contribution is 7.53. The van der Waals surface area contributed by atoms with Crippen molar-refractivity contribution in [1.82, 2.24) is 0 Å². The monoisotopic (exact) mass is 188 g/mol. The number of benzene rings is 1. The number of hydrogen-bond acceptors (Lipinski definition) is 4. The van der Waals surface area contributed by atoms with Crippen LogP contribution in [0.25, 0.3) is 0 Å². The fraction of sp³-hybridized carbons (Fsp3) is 0.143. The predicted molar refractivity (Wildman–Crippen MR) is 44.3 cm³/mol. The Bertz CT molecular complexity index is 285. The molecule has 5 heteroatoms. The lowest BCUT2D eigenvalue weighted by atomic mass is 10.3. The fourth-order valence-corrected chi connectivity index (χ4v) is 1.23. The van der Waals surface area contributed by atoms with Gasteiger partial charge in [-0.1, -0.05) is 18.2 Å². The second-order valence-electron chi connectivity index (χ2n) is 2.26. The Morgan fingerprint density at radius 3 is 2.42 bits per heavy atom. The third-order valence-electron chi connectivity index (χ3n) is 1.16. The van der Waals surface area contributed by atoms with Gasteiger partial charge in [0.25, 0.3) is 0 Å². The molecular formula is C7H9O4P. The standard InChI is InChI=1S/C7H9O4P/c1-12(9,11-8)10-7-5-3-2-4-6-7/h2-6,8H,1H3. The smallest absolute Gasteiger partial charge is 0.402 e. The molecule has 12 heavy (non-hydrogen) atoms. The highest BCUT2D eigenvalue weighted by atomic mass is 31.2. The van der Waals surface area contributed by atoms with Crippen molar-refractivity contribution < 1.29 is 19.0 Å². The van der Waals surface area contributed by atoms with Crippen molar-refractivity contribution in [3.8, 4) is 5.75 Å². The van der Waals surface area contributed by atoms with E-state index in [0.29, 0.717) is 5.75 Å². The second kappa shape index (κ2) is 3.72. The molecule has 1 rings (SSSR count). The molecule has 0 heterocycles. The zero-order valence-corrected chi connectivity index (χ0v) is 7.40.